The van der Waals surface area contributed by atoms with Crippen molar-refractivity contribution >= 4 is 29.3 Å². The molecule has 2 aromatic carbocycles. The topological polar surface area (TPSA) is 109 Å². The van der Waals surface area contributed by atoms with Crippen molar-refractivity contribution in [2.45, 2.75) is 76.7 Å². The minimum absolute atomic E-state index is 0.0204. The number of phenolic OH excluding ortho intramolecular Hbond substituents is 1. The van der Waals surface area contributed by atoms with Crippen LogP contribution in [-0.2, 0) is 21.4 Å². The lowest BCUT2D eigenvalue weighted by Crippen LogP contribution is -2.44. The first-order valence-electron chi connectivity index (χ1n) is 13.8. The van der Waals surface area contributed by atoms with Crippen molar-refractivity contribution in [1.29, 1.82) is 0 Å². The fourth-order valence-electron chi connectivity index (χ4n) is 4.91. The zero-order chi connectivity index (χ0) is 29.9. The first-order valence-corrected chi connectivity index (χ1v) is 14.6. The number of hydrogen-bond acceptors (Lipinski definition) is 7. The van der Waals surface area contributed by atoms with Gasteiger partial charge in [-0.25, -0.2) is 4.79 Å². The number of aliphatic hydroxyl groups is 1. The van der Waals surface area contributed by atoms with Crippen LogP contribution in [0, 0.1) is 12.8 Å². The zero-order valence-corrected chi connectivity index (χ0v) is 25.3. The van der Waals surface area contributed by atoms with E-state index in [2.05, 4.69) is 31.1 Å². The molecular formula is C33H38N2O5S. The van der Waals surface area contributed by atoms with Gasteiger partial charge in [-0.3, -0.25) is 9.78 Å². The molecule has 0 saturated carbocycles. The van der Waals surface area contributed by atoms with Crippen LogP contribution in [0.15, 0.2) is 76.5 Å². The Bertz CT molecular complexity index is 1460. The fourth-order valence-corrected chi connectivity index (χ4v) is 6.16. The third-order valence-corrected chi connectivity index (χ3v) is 8.74. The maximum Gasteiger partial charge on any atom is 0.349 e. The number of thioether (sulfide) groups is 1. The number of hydrogen-bond donors (Lipinski definition) is 3. The molecule has 1 aliphatic heterocycles. The van der Waals surface area contributed by atoms with Gasteiger partial charge in [-0.2, -0.15) is 0 Å². The van der Waals surface area contributed by atoms with Crippen LogP contribution in [0.5, 0.6) is 5.75 Å². The summed E-state index contributed by atoms with van der Waals surface area (Å²) in [6.07, 6.45) is 4.56. The summed E-state index contributed by atoms with van der Waals surface area (Å²) < 4.78 is 6.13. The number of nitrogens with zero attached hydrogens (tertiary/aromatic N) is 1. The first kappa shape index (κ1) is 30.2. The average Bonchev–Trinajstić information content (AvgIpc) is 2.91. The summed E-state index contributed by atoms with van der Waals surface area (Å²) in [6, 6.07) is 14.2. The first-order chi connectivity index (χ1) is 19.3. The molecule has 1 amide bonds. The smallest absolute Gasteiger partial charge is 0.349 e. The summed E-state index contributed by atoms with van der Waals surface area (Å²) in [6.45, 7) is 12.1. The van der Waals surface area contributed by atoms with E-state index in [-0.39, 0.29) is 40.1 Å². The molecule has 216 valence electrons. The van der Waals surface area contributed by atoms with Crippen molar-refractivity contribution < 1.29 is 24.5 Å². The number of carbonyl (C=O) groups is 2. The lowest BCUT2D eigenvalue weighted by atomic mass is 9.80. The van der Waals surface area contributed by atoms with Crippen LogP contribution in [0.25, 0.3) is 0 Å². The number of cyclic esters (lactones) is 1. The summed E-state index contributed by atoms with van der Waals surface area (Å²) in [5.41, 5.74) is 2.81. The number of esters is 1. The minimum Gasteiger partial charge on any atom is -0.511 e. The van der Waals surface area contributed by atoms with E-state index in [4.69, 9.17) is 4.74 Å². The van der Waals surface area contributed by atoms with Gasteiger partial charge in [-0.1, -0.05) is 58.5 Å². The van der Waals surface area contributed by atoms with Gasteiger partial charge >= 0.3 is 5.97 Å². The van der Waals surface area contributed by atoms with Gasteiger partial charge in [0.2, 0.25) is 0 Å². The lowest BCUT2D eigenvalue weighted by Gasteiger charge is -2.40. The molecule has 3 aromatic rings. The molecule has 8 heteroatoms. The number of aromatic nitrogens is 1. The highest BCUT2D eigenvalue weighted by Crippen LogP contribution is 2.46. The standard InChI is InChI=1S/C33H38N2O5S/c1-20(2)33(14-11-22-7-9-24(36)10-8-22)19-27(37)29(31(39)40-33)41-28-17-21(3)26(18-25(28)32(4,5)6)35-30(38)23-12-15-34-16-13-23/h7-10,12-13,15-18,20,36-37H,11,14,19H2,1-6H3,(H,35,38)/t33-/m1/s1. The number of aliphatic hydroxyl groups excluding tert-OH is 1. The van der Waals surface area contributed by atoms with Crippen molar-refractivity contribution in [2.75, 3.05) is 5.32 Å². The van der Waals surface area contributed by atoms with Crippen molar-refractivity contribution in [3.05, 3.63) is 93.8 Å². The normalized spacial score (nSPS) is 17.5. The van der Waals surface area contributed by atoms with Crippen molar-refractivity contribution in [3.8, 4) is 5.75 Å². The number of amides is 1. The fraction of sp³-hybridized carbons (Fsp3) is 0.364. The summed E-state index contributed by atoms with van der Waals surface area (Å²) in [4.78, 5) is 31.2. The monoisotopic (exact) mass is 574 g/mol. The highest BCUT2D eigenvalue weighted by atomic mass is 32.2. The summed E-state index contributed by atoms with van der Waals surface area (Å²) in [5, 5.41) is 23.8. The summed E-state index contributed by atoms with van der Waals surface area (Å²) >= 11 is 1.21. The molecule has 4 rings (SSSR count). The number of nitrogens with one attached hydrogen (secondary N) is 1. The van der Waals surface area contributed by atoms with E-state index in [1.165, 1.54) is 11.8 Å². The van der Waals surface area contributed by atoms with Crippen molar-refractivity contribution in [1.82, 2.24) is 4.98 Å². The Morgan fingerprint density at radius 3 is 2.34 bits per heavy atom. The molecule has 0 unspecified atom stereocenters. The molecule has 0 spiro atoms. The van der Waals surface area contributed by atoms with Crippen LogP contribution in [0.3, 0.4) is 0 Å². The van der Waals surface area contributed by atoms with Gasteiger partial charge in [0.25, 0.3) is 5.91 Å². The molecule has 3 N–H and O–H groups in total. The Hall–Kier alpha value is -3.78. The highest BCUT2D eigenvalue weighted by Gasteiger charge is 2.44. The predicted molar refractivity (Wildman–Crippen MR) is 162 cm³/mol. The molecule has 1 atom stereocenters. The second-order valence-corrected chi connectivity index (χ2v) is 13.0. The maximum absolute atomic E-state index is 13.4. The largest absolute Gasteiger partial charge is 0.511 e. The number of rotatable bonds is 8. The van der Waals surface area contributed by atoms with Gasteiger partial charge in [0.15, 0.2) is 0 Å². The molecule has 7 nitrogen and oxygen atoms in total. The van der Waals surface area contributed by atoms with E-state index < -0.39 is 11.6 Å². The average molecular weight is 575 g/mol. The van der Waals surface area contributed by atoms with Crippen molar-refractivity contribution in [2.24, 2.45) is 5.92 Å². The summed E-state index contributed by atoms with van der Waals surface area (Å²) in [7, 11) is 0. The van der Waals surface area contributed by atoms with Gasteiger partial charge in [0.05, 0.1) is 0 Å². The van der Waals surface area contributed by atoms with Crippen LogP contribution in [-0.4, -0.2) is 32.7 Å². The molecule has 0 aliphatic carbocycles. The van der Waals surface area contributed by atoms with Gasteiger partial charge in [0, 0.05) is 35.0 Å². The number of pyridine rings is 1. The third kappa shape index (κ3) is 6.93. The lowest BCUT2D eigenvalue weighted by molar-refractivity contribution is -0.164. The Morgan fingerprint density at radius 1 is 1.10 bits per heavy atom. The quantitative estimate of drug-likeness (QED) is 0.239. The second kappa shape index (κ2) is 12.0. The predicted octanol–water partition coefficient (Wildman–Crippen LogP) is 7.48. The Labute approximate surface area is 246 Å². The van der Waals surface area contributed by atoms with E-state index in [9.17, 15) is 19.8 Å². The molecule has 1 aromatic heterocycles. The van der Waals surface area contributed by atoms with E-state index in [1.807, 2.05) is 45.0 Å². The van der Waals surface area contributed by atoms with E-state index in [1.54, 1.807) is 36.7 Å². The van der Waals surface area contributed by atoms with Crippen LogP contribution in [0.4, 0.5) is 5.69 Å². The van der Waals surface area contributed by atoms with E-state index in [0.29, 0.717) is 24.1 Å². The third-order valence-electron chi connectivity index (χ3n) is 7.57. The zero-order valence-electron chi connectivity index (χ0n) is 24.4. The molecule has 0 radical (unpaired) electrons. The molecule has 1 aliphatic rings. The maximum atomic E-state index is 13.4. The molecule has 2 heterocycles. The Morgan fingerprint density at radius 2 is 1.76 bits per heavy atom. The number of ether oxygens (including phenoxy) is 1. The van der Waals surface area contributed by atoms with Gasteiger partial charge in [-0.15, -0.1) is 0 Å². The van der Waals surface area contributed by atoms with Crippen LogP contribution < -0.4 is 5.32 Å². The number of benzene rings is 2. The van der Waals surface area contributed by atoms with Gasteiger partial charge in [-0.05, 0) is 84.2 Å². The molecule has 0 saturated heterocycles. The molecule has 41 heavy (non-hydrogen) atoms. The number of phenols is 1. The van der Waals surface area contributed by atoms with E-state index in [0.717, 1.165) is 21.6 Å². The minimum atomic E-state index is -0.840. The van der Waals surface area contributed by atoms with Crippen LogP contribution in [0.2, 0.25) is 0 Å². The highest BCUT2D eigenvalue weighted by molar-refractivity contribution is 8.04. The van der Waals surface area contributed by atoms with Gasteiger partial charge < -0.3 is 20.3 Å². The van der Waals surface area contributed by atoms with Crippen molar-refractivity contribution in [3.63, 3.8) is 0 Å². The Balaban J connectivity index is 1.61. The SMILES string of the molecule is Cc1cc(SC2=C(O)C[C@](CCc3ccc(O)cc3)(C(C)C)OC2=O)c(C(C)(C)C)cc1NC(=O)c1ccncc1. The van der Waals surface area contributed by atoms with Gasteiger partial charge in [0.1, 0.15) is 22.0 Å². The number of aromatic hydroxyl groups is 1. The molecule has 0 bridgehead atoms. The number of carbonyl (C=O) groups excluding carboxylic acids is 2. The number of aryl methyl sites for hydroxylation is 2. The van der Waals surface area contributed by atoms with Crippen LogP contribution >= 0.6 is 11.8 Å². The number of anilines is 1. The Kier molecular flexibility index (Phi) is 8.83. The second-order valence-electron chi connectivity index (χ2n) is 11.9. The molecule has 0 fully saturated rings. The summed E-state index contributed by atoms with van der Waals surface area (Å²) in [5.74, 6) is -0.561. The van der Waals surface area contributed by atoms with Crippen LogP contribution in [0.1, 0.15) is 74.5 Å². The van der Waals surface area contributed by atoms with E-state index >= 15 is 0 Å². The molecular weight excluding hydrogens is 536 g/mol.